The second-order valence-corrected chi connectivity index (χ2v) is 7.12. The zero-order valence-corrected chi connectivity index (χ0v) is 13.2. The van der Waals surface area contributed by atoms with Gasteiger partial charge < -0.3 is 9.64 Å². The highest BCUT2D eigenvalue weighted by Gasteiger charge is 2.34. The van der Waals surface area contributed by atoms with Crippen molar-refractivity contribution in [2.75, 3.05) is 26.0 Å². The lowest BCUT2D eigenvalue weighted by atomic mass is 10.1. The van der Waals surface area contributed by atoms with Gasteiger partial charge in [0.25, 0.3) is 5.91 Å². The van der Waals surface area contributed by atoms with E-state index < -0.39 is 15.9 Å². The summed E-state index contributed by atoms with van der Waals surface area (Å²) < 4.78 is 29.2. The van der Waals surface area contributed by atoms with Gasteiger partial charge >= 0.3 is 0 Å². The molecule has 122 valence electrons. The lowest BCUT2D eigenvalue weighted by molar-refractivity contribution is -0.00471. The van der Waals surface area contributed by atoms with Gasteiger partial charge in [-0.05, 0) is 6.07 Å². The summed E-state index contributed by atoms with van der Waals surface area (Å²) in [6.07, 6.45) is 5.15. The summed E-state index contributed by atoms with van der Waals surface area (Å²) in [4.78, 5) is 14.3. The largest absolute Gasteiger partial charge is 0.377 e. The van der Waals surface area contributed by atoms with Crippen LogP contribution in [0.25, 0.3) is 0 Å². The minimum atomic E-state index is -3.46. The first-order chi connectivity index (χ1) is 11.0. The molecule has 1 amide bonds. The molecule has 0 radical (unpaired) electrons. The third-order valence-corrected chi connectivity index (χ3v) is 4.71. The number of nitrogens with zero attached hydrogens (tertiary/aromatic N) is 4. The Bertz CT molecular complexity index is 805. The van der Waals surface area contributed by atoms with E-state index in [-0.39, 0.29) is 17.4 Å². The number of sulfone groups is 1. The minimum Gasteiger partial charge on any atom is -0.377 e. The van der Waals surface area contributed by atoms with Crippen LogP contribution in [0.5, 0.6) is 0 Å². The van der Waals surface area contributed by atoms with Gasteiger partial charge in [-0.3, -0.25) is 9.89 Å². The Labute approximate surface area is 132 Å². The van der Waals surface area contributed by atoms with Crippen molar-refractivity contribution in [3.8, 4) is 0 Å². The molecular weight excluding hydrogens is 322 g/mol. The normalized spacial score (nSPS) is 18.8. The average Bonchev–Trinajstić information content (AvgIpc) is 3.05. The van der Waals surface area contributed by atoms with Crippen LogP contribution in [0, 0.1) is 0 Å². The first-order valence-corrected chi connectivity index (χ1v) is 8.76. The number of H-pyrrole nitrogens is 1. The van der Waals surface area contributed by atoms with Crippen LogP contribution in [0.2, 0.25) is 0 Å². The number of aromatic amines is 1. The van der Waals surface area contributed by atoms with E-state index in [9.17, 15) is 13.2 Å². The molecule has 1 saturated heterocycles. The lowest BCUT2D eigenvalue weighted by Crippen LogP contribution is -2.44. The fourth-order valence-electron chi connectivity index (χ4n) is 2.49. The summed E-state index contributed by atoms with van der Waals surface area (Å²) in [5.74, 6) is -0.262. The molecule has 9 nitrogen and oxygen atoms in total. The van der Waals surface area contributed by atoms with Gasteiger partial charge in [0.05, 0.1) is 49.1 Å². The molecule has 1 aliphatic rings. The van der Waals surface area contributed by atoms with Gasteiger partial charge in [0.15, 0.2) is 9.84 Å². The number of amides is 1. The molecule has 2 aromatic rings. The summed E-state index contributed by atoms with van der Waals surface area (Å²) in [5.41, 5.74) is 0.731. The summed E-state index contributed by atoms with van der Waals surface area (Å²) in [7, 11) is -3.46. The molecule has 0 bridgehead atoms. The summed E-state index contributed by atoms with van der Waals surface area (Å²) in [5, 5.41) is 13.8. The molecule has 1 atom stereocenters. The molecule has 1 N–H and O–H groups in total. The van der Waals surface area contributed by atoms with Gasteiger partial charge in [0.1, 0.15) is 4.90 Å². The highest BCUT2D eigenvalue weighted by molar-refractivity contribution is 7.90. The van der Waals surface area contributed by atoms with Crippen molar-refractivity contribution in [1.29, 1.82) is 0 Å². The molecule has 0 unspecified atom stereocenters. The van der Waals surface area contributed by atoms with E-state index >= 15 is 0 Å². The van der Waals surface area contributed by atoms with Crippen molar-refractivity contribution in [3.05, 3.63) is 35.9 Å². The Morgan fingerprint density at radius 1 is 1.39 bits per heavy atom. The van der Waals surface area contributed by atoms with Crippen molar-refractivity contribution < 1.29 is 17.9 Å². The molecule has 2 aromatic heterocycles. The van der Waals surface area contributed by atoms with Crippen LogP contribution < -0.4 is 0 Å². The van der Waals surface area contributed by atoms with Crippen LogP contribution in [0.4, 0.5) is 0 Å². The Morgan fingerprint density at radius 2 is 2.22 bits per heavy atom. The van der Waals surface area contributed by atoms with Crippen molar-refractivity contribution >= 4 is 15.7 Å². The number of rotatable bonds is 3. The first-order valence-electron chi connectivity index (χ1n) is 6.87. The number of ether oxygens (including phenoxy) is 1. The highest BCUT2D eigenvalue weighted by atomic mass is 32.2. The van der Waals surface area contributed by atoms with E-state index in [4.69, 9.17) is 4.74 Å². The monoisotopic (exact) mass is 337 g/mol. The minimum absolute atomic E-state index is 0.0682. The topological polar surface area (TPSA) is 118 Å². The fraction of sp³-hybridized carbons (Fsp3) is 0.385. The van der Waals surface area contributed by atoms with E-state index in [2.05, 4.69) is 20.4 Å². The standard InChI is InChI=1S/C13H15N5O4S/c1-23(20,21)11-7-16-17-12(11)10-8-22-5-4-18(10)13(19)9-2-3-14-15-6-9/h2-3,6-7,10H,4-5,8H2,1H3,(H,16,17)/t10-/m1/s1. The second kappa shape index (κ2) is 6.05. The van der Waals surface area contributed by atoms with Gasteiger partial charge in [-0.25, -0.2) is 8.42 Å². The van der Waals surface area contributed by atoms with E-state index in [1.54, 1.807) is 11.0 Å². The molecule has 23 heavy (non-hydrogen) atoms. The zero-order chi connectivity index (χ0) is 16.4. The van der Waals surface area contributed by atoms with Crippen LogP contribution in [-0.4, -0.2) is 65.6 Å². The first kappa shape index (κ1) is 15.6. The predicted molar refractivity (Wildman–Crippen MR) is 78.3 cm³/mol. The third kappa shape index (κ3) is 3.08. The molecule has 3 rings (SSSR count). The smallest absolute Gasteiger partial charge is 0.256 e. The molecule has 0 aromatic carbocycles. The Morgan fingerprint density at radius 3 is 2.91 bits per heavy atom. The molecule has 0 spiro atoms. The van der Waals surface area contributed by atoms with E-state index in [0.717, 1.165) is 6.26 Å². The lowest BCUT2D eigenvalue weighted by Gasteiger charge is -2.35. The fourth-order valence-corrected chi connectivity index (χ4v) is 3.31. The molecule has 1 aliphatic heterocycles. The van der Waals surface area contributed by atoms with Crippen LogP contribution in [0.1, 0.15) is 22.1 Å². The highest BCUT2D eigenvalue weighted by Crippen LogP contribution is 2.28. The van der Waals surface area contributed by atoms with Crippen LogP contribution in [-0.2, 0) is 14.6 Å². The zero-order valence-electron chi connectivity index (χ0n) is 12.3. The average molecular weight is 337 g/mol. The molecule has 1 fully saturated rings. The quantitative estimate of drug-likeness (QED) is 0.825. The van der Waals surface area contributed by atoms with Crippen LogP contribution >= 0.6 is 0 Å². The van der Waals surface area contributed by atoms with Gasteiger partial charge in [-0.1, -0.05) is 0 Å². The Balaban J connectivity index is 1.97. The summed E-state index contributed by atoms with van der Waals surface area (Å²) >= 11 is 0. The maximum atomic E-state index is 12.7. The number of carbonyl (C=O) groups excluding carboxylic acids is 1. The summed E-state index contributed by atoms with van der Waals surface area (Å²) in [6, 6.07) is 1.00. The number of aromatic nitrogens is 4. The van der Waals surface area contributed by atoms with E-state index in [1.807, 2.05) is 0 Å². The van der Waals surface area contributed by atoms with Crippen LogP contribution in [0.3, 0.4) is 0 Å². The molecule has 0 saturated carbocycles. The number of hydrogen-bond donors (Lipinski definition) is 1. The number of carbonyl (C=O) groups is 1. The van der Waals surface area contributed by atoms with E-state index in [1.165, 1.54) is 18.6 Å². The number of morpholine rings is 1. The maximum Gasteiger partial charge on any atom is 0.256 e. The van der Waals surface area contributed by atoms with Crippen molar-refractivity contribution in [2.24, 2.45) is 0 Å². The number of nitrogens with one attached hydrogen (secondary N) is 1. The van der Waals surface area contributed by atoms with Gasteiger partial charge in [0.2, 0.25) is 0 Å². The molecular formula is C13H15N5O4S. The number of hydrogen-bond acceptors (Lipinski definition) is 7. The van der Waals surface area contributed by atoms with Gasteiger partial charge in [-0.15, -0.1) is 0 Å². The Hall–Kier alpha value is -2.33. The SMILES string of the molecule is CS(=O)(=O)c1cn[nH]c1[C@H]1COCCN1C(=O)c1ccnnc1. The molecule has 10 heteroatoms. The van der Waals surface area contributed by atoms with Crippen LogP contribution in [0.15, 0.2) is 29.6 Å². The van der Waals surface area contributed by atoms with Crippen molar-refractivity contribution in [2.45, 2.75) is 10.9 Å². The Kier molecular flexibility index (Phi) is 4.09. The summed E-state index contributed by atoms with van der Waals surface area (Å²) in [6.45, 7) is 0.909. The molecule has 3 heterocycles. The van der Waals surface area contributed by atoms with E-state index in [0.29, 0.717) is 24.4 Å². The van der Waals surface area contributed by atoms with Gasteiger partial charge in [-0.2, -0.15) is 15.3 Å². The van der Waals surface area contributed by atoms with Crippen molar-refractivity contribution in [3.63, 3.8) is 0 Å². The maximum absolute atomic E-state index is 12.7. The third-order valence-electron chi connectivity index (χ3n) is 3.59. The second-order valence-electron chi connectivity index (χ2n) is 5.14. The predicted octanol–water partition coefficient (Wildman–Crippen LogP) is -0.183. The van der Waals surface area contributed by atoms with Gasteiger partial charge in [0, 0.05) is 12.8 Å². The molecule has 0 aliphatic carbocycles. The van der Waals surface area contributed by atoms with Crippen molar-refractivity contribution in [1.82, 2.24) is 25.3 Å².